The second-order valence-electron chi connectivity index (χ2n) is 4.69. The van der Waals surface area contributed by atoms with Crippen LogP contribution in [0.15, 0.2) is 5.38 Å². The minimum absolute atomic E-state index is 0.327. The molecule has 1 aromatic rings. The Kier molecular flexibility index (Phi) is 4.50. The molecule has 1 aromatic heterocycles. The molecule has 0 bridgehead atoms. The number of hydrogen-bond donors (Lipinski definition) is 1. The highest BCUT2D eigenvalue weighted by molar-refractivity contribution is 7.09. The van der Waals surface area contributed by atoms with Crippen LogP contribution in [-0.4, -0.2) is 41.7 Å². The number of nitrogens with two attached hydrogens (primary N) is 1. The standard InChI is InChI=1S/C12H21N3OS/c1-9-7-16-10(2)5-15(9)6-11-8-17-12(14-11)3-4-13/h8-10H,3-7,13H2,1-2H3. The Labute approximate surface area is 107 Å². The van der Waals surface area contributed by atoms with Crippen LogP contribution in [-0.2, 0) is 17.7 Å². The van der Waals surface area contributed by atoms with Crippen LogP contribution >= 0.6 is 11.3 Å². The fourth-order valence-corrected chi connectivity index (χ4v) is 2.87. The van der Waals surface area contributed by atoms with Gasteiger partial charge in [0.2, 0.25) is 0 Å². The molecule has 2 atom stereocenters. The fraction of sp³-hybridized carbons (Fsp3) is 0.750. The Bertz CT molecular complexity index is 355. The summed E-state index contributed by atoms with van der Waals surface area (Å²) in [6, 6.07) is 0.478. The molecule has 17 heavy (non-hydrogen) atoms. The quantitative estimate of drug-likeness (QED) is 0.880. The second-order valence-corrected chi connectivity index (χ2v) is 5.64. The summed E-state index contributed by atoms with van der Waals surface area (Å²) in [5.74, 6) is 0. The minimum atomic E-state index is 0.327. The lowest BCUT2D eigenvalue weighted by Crippen LogP contribution is -2.46. The predicted molar refractivity (Wildman–Crippen MR) is 70.2 cm³/mol. The number of thiazole rings is 1. The van der Waals surface area contributed by atoms with Crippen molar-refractivity contribution in [2.45, 2.75) is 39.0 Å². The molecule has 1 fully saturated rings. The molecule has 0 saturated carbocycles. The summed E-state index contributed by atoms with van der Waals surface area (Å²) in [5.41, 5.74) is 6.70. The molecule has 2 unspecified atom stereocenters. The van der Waals surface area contributed by atoms with Crippen molar-refractivity contribution in [2.24, 2.45) is 5.73 Å². The van der Waals surface area contributed by atoms with E-state index in [0.29, 0.717) is 18.7 Å². The third kappa shape index (κ3) is 3.48. The zero-order chi connectivity index (χ0) is 12.3. The SMILES string of the molecule is CC1CN(Cc2csc(CCN)n2)C(C)CO1. The maximum absolute atomic E-state index is 5.63. The van der Waals surface area contributed by atoms with E-state index in [2.05, 4.69) is 29.1 Å². The van der Waals surface area contributed by atoms with Gasteiger partial charge in [-0.1, -0.05) is 0 Å². The number of rotatable bonds is 4. The zero-order valence-electron chi connectivity index (χ0n) is 10.6. The van der Waals surface area contributed by atoms with Gasteiger partial charge in [0.05, 0.1) is 23.4 Å². The number of hydrogen-bond acceptors (Lipinski definition) is 5. The van der Waals surface area contributed by atoms with Gasteiger partial charge in [-0.2, -0.15) is 0 Å². The van der Waals surface area contributed by atoms with Crippen LogP contribution in [0.4, 0.5) is 0 Å². The molecule has 0 amide bonds. The molecule has 4 nitrogen and oxygen atoms in total. The van der Waals surface area contributed by atoms with E-state index in [1.807, 2.05) is 0 Å². The fourth-order valence-electron chi connectivity index (χ4n) is 2.06. The molecule has 2 heterocycles. The van der Waals surface area contributed by atoms with Gasteiger partial charge in [0, 0.05) is 30.9 Å². The van der Waals surface area contributed by atoms with Crippen LogP contribution < -0.4 is 5.73 Å². The Balaban J connectivity index is 1.94. The summed E-state index contributed by atoms with van der Waals surface area (Å²) in [7, 11) is 0. The molecule has 5 heteroatoms. The van der Waals surface area contributed by atoms with Crippen molar-refractivity contribution < 1.29 is 4.74 Å². The molecule has 0 aliphatic carbocycles. The smallest absolute Gasteiger partial charge is 0.0941 e. The van der Waals surface area contributed by atoms with Crippen molar-refractivity contribution in [3.05, 3.63) is 16.1 Å². The molecule has 1 aliphatic rings. The molecular formula is C12H21N3OS. The molecule has 1 saturated heterocycles. The average molecular weight is 255 g/mol. The highest BCUT2D eigenvalue weighted by atomic mass is 32.1. The van der Waals surface area contributed by atoms with E-state index in [-0.39, 0.29) is 0 Å². The Hall–Kier alpha value is -0.490. The molecule has 2 N–H and O–H groups in total. The lowest BCUT2D eigenvalue weighted by atomic mass is 10.2. The first-order valence-corrected chi connectivity index (χ1v) is 7.06. The topological polar surface area (TPSA) is 51.4 Å². The van der Waals surface area contributed by atoms with Crippen molar-refractivity contribution in [1.82, 2.24) is 9.88 Å². The van der Waals surface area contributed by atoms with Gasteiger partial charge in [-0.3, -0.25) is 4.90 Å². The number of aromatic nitrogens is 1. The van der Waals surface area contributed by atoms with Gasteiger partial charge in [0.1, 0.15) is 0 Å². The monoisotopic (exact) mass is 255 g/mol. The van der Waals surface area contributed by atoms with Gasteiger partial charge >= 0.3 is 0 Å². The van der Waals surface area contributed by atoms with Gasteiger partial charge in [0.25, 0.3) is 0 Å². The maximum Gasteiger partial charge on any atom is 0.0941 e. The molecule has 0 radical (unpaired) electrons. The predicted octanol–water partition coefficient (Wildman–Crippen LogP) is 1.25. The molecule has 96 valence electrons. The molecular weight excluding hydrogens is 234 g/mol. The summed E-state index contributed by atoms with van der Waals surface area (Å²) >= 11 is 1.72. The molecule has 1 aliphatic heterocycles. The third-order valence-electron chi connectivity index (χ3n) is 3.06. The lowest BCUT2D eigenvalue weighted by molar-refractivity contribution is -0.0530. The minimum Gasteiger partial charge on any atom is -0.376 e. The summed E-state index contributed by atoms with van der Waals surface area (Å²) in [4.78, 5) is 7.05. The van der Waals surface area contributed by atoms with Gasteiger partial charge < -0.3 is 10.5 Å². The third-order valence-corrected chi connectivity index (χ3v) is 4.02. The average Bonchev–Trinajstić information content (AvgIpc) is 2.72. The largest absolute Gasteiger partial charge is 0.376 e. The normalized spacial score (nSPS) is 26.3. The van der Waals surface area contributed by atoms with Crippen molar-refractivity contribution in [3.8, 4) is 0 Å². The highest BCUT2D eigenvalue weighted by Crippen LogP contribution is 2.17. The van der Waals surface area contributed by atoms with E-state index in [0.717, 1.165) is 31.1 Å². The van der Waals surface area contributed by atoms with Crippen molar-refractivity contribution >= 4 is 11.3 Å². The van der Waals surface area contributed by atoms with Crippen LogP contribution in [0.1, 0.15) is 24.5 Å². The van der Waals surface area contributed by atoms with Gasteiger partial charge in [-0.25, -0.2) is 4.98 Å². The summed E-state index contributed by atoms with van der Waals surface area (Å²) in [6.07, 6.45) is 1.22. The Morgan fingerprint density at radius 2 is 2.41 bits per heavy atom. The molecule has 2 rings (SSSR count). The summed E-state index contributed by atoms with van der Waals surface area (Å²) in [5, 5.41) is 3.30. The van der Waals surface area contributed by atoms with Crippen LogP contribution in [0.3, 0.4) is 0 Å². The van der Waals surface area contributed by atoms with E-state index in [9.17, 15) is 0 Å². The van der Waals surface area contributed by atoms with E-state index in [1.165, 1.54) is 5.69 Å². The molecule has 0 spiro atoms. The van der Waals surface area contributed by atoms with Gasteiger partial charge in [-0.05, 0) is 20.4 Å². The van der Waals surface area contributed by atoms with Crippen LogP contribution in [0.2, 0.25) is 0 Å². The molecule has 0 aromatic carbocycles. The van der Waals surface area contributed by atoms with Gasteiger partial charge in [-0.15, -0.1) is 11.3 Å². The first kappa shape index (κ1) is 13.0. The number of ether oxygens (including phenoxy) is 1. The second kappa shape index (κ2) is 5.91. The maximum atomic E-state index is 5.63. The lowest BCUT2D eigenvalue weighted by Gasteiger charge is -2.36. The summed E-state index contributed by atoms with van der Waals surface area (Å²) in [6.45, 7) is 7.75. The number of nitrogens with zero attached hydrogens (tertiary/aromatic N) is 2. The van der Waals surface area contributed by atoms with Crippen LogP contribution in [0.25, 0.3) is 0 Å². The Morgan fingerprint density at radius 3 is 3.18 bits per heavy atom. The Morgan fingerprint density at radius 1 is 1.59 bits per heavy atom. The van der Waals surface area contributed by atoms with Gasteiger partial charge in [0.15, 0.2) is 0 Å². The van der Waals surface area contributed by atoms with E-state index in [4.69, 9.17) is 10.5 Å². The van der Waals surface area contributed by atoms with Crippen LogP contribution in [0, 0.1) is 0 Å². The van der Waals surface area contributed by atoms with Crippen molar-refractivity contribution in [2.75, 3.05) is 19.7 Å². The van der Waals surface area contributed by atoms with E-state index < -0.39 is 0 Å². The first-order chi connectivity index (χ1) is 8.19. The van der Waals surface area contributed by atoms with E-state index >= 15 is 0 Å². The zero-order valence-corrected chi connectivity index (χ0v) is 11.4. The highest BCUT2D eigenvalue weighted by Gasteiger charge is 2.23. The number of morpholine rings is 1. The van der Waals surface area contributed by atoms with Crippen molar-refractivity contribution in [3.63, 3.8) is 0 Å². The van der Waals surface area contributed by atoms with E-state index in [1.54, 1.807) is 11.3 Å². The van der Waals surface area contributed by atoms with Crippen LogP contribution in [0.5, 0.6) is 0 Å². The summed E-state index contributed by atoms with van der Waals surface area (Å²) < 4.78 is 5.63. The van der Waals surface area contributed by atoms with Crippen molar-refractivity contribution in [1.29, 1.82) is 0 Å². The first-order valence-electron chi connectivity index (χ1n) is 6.18.